The van der Waals surface area contributed by atoms with Crippen molar-refractivity contribution in [3.63, 3.8) is 0 Å². The molecule has 11 rings (SSSR count). The number of hydrogen-bond donors (Lipinski definition) is 0. The van der Waals surface area contributed by atoms with Crippen LogP contribution in [0.1, 0.15) is 81.8 Å². The van der Waals surface area contributed by atoms with E-state index < -0.39 is 0 Å². The summed E-state index contributed by atoms with van der Waals surface area (Å²) in [4.78, 5) is 5.36. The lowest BCUT2D eigenvalue weighted by atomic mass is 9.42. The Balaban J connectivity index is 1.30. The maximum atomic E-state index is 2.73. The summed E-state index contributed by atoms with van der Waals surface area (Å²) >= 11 is 0. The number of benzene rings is 7. The van der Waals surface area contributed by atoms with Gasteiger partial charge >= 0.3 is 6.85 Å². The van der Waals surface area contributed by atoms with Crippen LogP contribution in [-0.4, -0.2) is 6.85 Å². The van der Waals surface area contributed by atoms with Crippen molar-refractivity contribution < 1.29 is 0 Å². The zero-order valence-corrected chi connectivity index (χ0v) is 33.8. The fourth-order valence-electron chi connectivity index (χ4n) is 10.8. The molecular weight excluding hydrogens is 675 g/mol. The predicted octanol–water partition coefficient (Wildman–Crippen LogP) is 12.6. The van der Waals surface area contributed by atoms with Crippen molar-refractivity contribution in [1.29, 1.82) is 0 Å². The Hall–Kier alpha value is -5.80. The molecule has 3 aliphatic heterocycles. The van der Waals surface area contributed by atoms with Crippen molar-refractivity contribution in [3.05, 3.63) is 173 Å². The van der Waals surface area contributed by atoms with Gasteiger partial charge in [0, 0.05) is 44.7 Å². The molecule has 0 saturated carbocycles. The fourth-order valence-corrected chi connectivity index (χ4v) is 10.8. The van der Waals surface area contributed by atoms with Crippen LogP contribution in [0.3, 0.4) is 0 Å². The molecular formula is C53H47BN2. The summed E-state index contributed by atoms with van der Waals surface area (Å²) in [6.07, 6.45) is 0. The van der Waals surface area contributed by atoms with E-state index in [9.17, 15) is 0 Å². The van der Waals surface area contributed by atoms with Crippen molar-refractivity contribution in [3.8, 4) is 33.4 Å². The predicted molar refractivity (Wildman–Crippen MR) is 239 cm³/mol. The van der Waals surface area contributed by atoms with E-state index in [2.05, 4.69) is 205 Å². The van der Waals surface area contributed by atoms with Crippen LogP contribution < -0.4 is 20.6 Å². The van der Waals surface area contributed by atoms with Crippen molar-refractivity contribution >= 4 is 46.2 Å². The number of para-hydroxylation sites is 2. The lowest BCUT2D eigenvalue weighted by Crippen LogP contribution is -2.63. The molecule has 0 unspecified atom stereocenters. The van der Waals surface area contributed by atoms with Gasteiger partial charge in [-0.1, -0.05) is 158 Å². The summed E-state index contributed by atoms with van der Waals surface area (Å²) in [5.41, 5.74) is 24.9. The third-order valence-corrected chi connectivity index (χ3v) is 13.6. The van der Waals surface area contributed by atoms with Crippen molar-refractivity contribution in [1.82, 2.24) is 0 Å². The van der Waals surface area contributed by atoms with Gasteiger partial charge in [-0.15, -0.1) is 0 Å². The second-order valence-corrected chi connectivity index (χ2v) is 18.7. The Morgan fingerprint density at radius 2 is 1.16 bits per heavy atom. The fraction of sp³-hybridized carbons (Fsp3) is 0.208. The Morgan fingerprint density at radius 1 is 0.482 bits per heavy atom. The van der Waals surface area contributed by atoms with Crippen LogP contribution in [0.25, 0.3) is 33.4 Å². The molecule has 0 N–H and O–H groups in total. The van der Waals surface area contributed by atoms with Crippen LogP contribution in [0.15, 0.2) is 140 Å². The van der Waals surface area contributed by atoms with Crippen molar-refractivity contribution in [2.45, 2.75) is 71.6 Å². The molecule has 56 heavy (non-hydrogen) atoms. The van der Waals surface area contributed by atoms with Gasteiger partial charge in [-0.25, -0.2) is 0 Å². The minimum absolute atomic E-state index is 0.00240. The first kappa shape index (κ1) is 33.5. The van der Waals surface area contributed by atoms with Gasteiger partial charge in [-0.3, -0.25) is 0 Å². The summed E-state index contributed by atoms with van der Waals surface area (Å²) in [6.45, 7) is 18.9. The second-order valence-electron chi connectivity index (χ2n) is 18.7. The molecule has 4 aliphatic rings. The summed E-state index contributed by atoms with van der Waals surface area (Å²) in [5.74, 6) is 0. The van der Waals surface area contributed by atoms with Crippen LogP contribution in [0, 0.1) is 6.92 Å². The van der Waals surface area contributed by atoms with Crippen LogP contribution in [0.4, 0.5) is 28.4 Å². The maximum Gasteiger partial charge on any atom is 0.333 e. The summed E-state index contributed by atoms with van der Waals surface area (Å²) in [6, 6.07) is 53.6. The highest BCUT2D eigenvalue weighted by molar-refractivity contribution is 6.93. The van der Waals surface area contributed by atoms with E-state index in [1.807, 2.05) is 0 Å². The highest BCUT2D eigenvalue weighted by atomic mass is 15.2. The Labute approximate surface area is 332 Å². The zero-order valence-electron chi connectivity index (χ0n) is 33.8. The molecule has 0 amide bonds. The first-order valence-electron chi connectivity index (χ1n) is 20.3. The van der Waals surface area contributed by atoms with Gasteiger partial charge in [-0.2, -0.15) is 0 Å². The molecule has 0 atom stereocenters. The third kappa shape index (κ3) is 4.35. The molecule has 1 aliphatic carbocycles. The van der Waals surface area contributed by atoms with E-state index in [1.54, 1.807) is 0 Å². The van der Waals surface area contributed by atoms with E-state index in [0.29, 0.717) is 0 Å². The second kappa shape index (κ2) is 11.2. The Bertz CT molecular complexity index is 2820. The first-order valence-corrected chi connectivity index (χ1v) is 20.3. The summed E-state index contributed by atoms with van der Waals surface area (Å²) in [7, 11) is 0. The first-order chi connectivity index (χ1) is 26.9. The lowest BCUT2D eigenvalue weighted by molar-refractivity contribution is 0.590. The molecule has 7 aromatic rings. The standard InChI is InChI=1S/C53H47BN2/c1-32-27-39-36-20-16-23-42-50(36)56(46-24-15-14-22-41(46)53(42,7)8)54-44-31-43-38(35-19-12-13-21-40(35)52(43,5)6)30-47(44)55(48(28-32)49(39)54)45-26-25-34(51(2,3)4)29-37(45)33-17-10-9-11-18-33/h9-31H,1-8H3. The summed E-state index contributed by atoms with van der Waals surface area (Å²) in [5, 5.41) is 0. The molecule has 2 nitrogen and oxygen atoms in total. The van der Waals surface area contributed by atoms with Gasteiger partial charge in [-0.05, 0) is 109 Å². The van der Waals surface area contributed by atoms with Gasteiger partial charge in [0.2, 0.25) is 0 Å². The highest BCUT2D eigenvalue weighted by Gasteiger charge is 2.51. The molecule has 0 spiro atoms. The topological polar surface area (TPSA) is 6.48 Å². The zero-order chi connectivity index (χ0) is 38.5. The lowest BCUT2D eigenvalue weighted by Gasteiger charge is -2.51. The normalized spacial score (nSPS) is 16.0. The van der Waals surface area contributed by atoms with Crippen molar-refractivity contribution in [2.75, 3.05) is 9.71 Å². The molecule has 0 radical (unpaired) electrons. The van der Waals surface area contributed by atoms with E-state index >= 15 is 0 Å². The van der Waals surface area contributed by atoms with Gasteiger partial charge < -0.3 is 9.71 Å². The van der Waals surface area contributed by atoms with E-state index in [0.717, 1.165) is 0 Å². The number of nitrogens with zero attached hydrogens (tertiary/aromatic N) is 2. The minimum atomic E-state index is -0.146. The molecule has 3 heterocycles. The average molecular weight is 723 g/mol. The molecule has 0 fully saturated rings. The van der Waals surface area contributed by atoms with Crippen LogP contribution in [0.2, 0.25) is 0 Å². The minimum Gasteiger partial charge on any atom is -0.376 e. The van der Waals surface area contributed by atoms with E-state index in [-0.39, 0.29) is 23.1 Å². The van der Waals surface area contributed by atoms with E-state index in [4.69, 9.17) is 0 Å². The van der Waals surface area contributed by atoms with Crippen molar-refractivity contribution in [2.24, 2.45) is 0 Å². The number of fused-ring (bicyclic) bond motifs is 9. The van der Waals surface area contributed by atoms with Crippen LogP contribution >= 0.6 is 0 Å². The van der Waals surface area contributed by atoms with Gasteiger partial charge in [0.1, 0.15) is 0 Å². The average Bonchev–Trinajstić information content (AvgIpc) is 3.41. The molecule has 0 aromatic heterocycles. The van der Waals surface area contributed by atoms with Gasteiger partial charge in [0.25, 0.3) is 0 Å². The number of rotatable bonds is 2. The monoisotopic (exact) mass is 722 g/mol. The number of anilines is 5. The quantitative estimate of drug-likeness (QED) is 0.164. The third-order valence-electron chi connectivity index (χ3n) is 13.6. The SMILES string of the molecule is Cc1cc2c3c(c1)N(c1ccc(C(C)(C)C)cc1-c1ccccc1)c1cc4c(cc1B3N1c3ccccc3C(C)(C)c3cccc-2c31)C(C)(C)c1ccccc1-4. The molecule has 272 valence electrons. The maximum absolute atomic E-state index is 2.73. The van der Waals surface area contributed by atoms with Crippen LogP contribution in [0.5, 0.6) is 0 Å². The smallest absolute Gasteiger partial charge is 0.333 e. The number of hydrogen-bond acceptors (Lipinski definition) is 2. The molecule has 3 heteroatoms. The Kier molecular flexibility index (Phi) is 6.68. The van der Waals surface area contributed by atoms with Gasteiger partial charge in [0.15, 0.2) is 0 Å². The number of aryl methyl sites for hydroxylation is 1. The molecule has 0 bridgehead atoms. The Morgan fingerprint density at radius 3 is 1.95 bits per heavy atom. The molecule has 7 aromatic carbocycles. The van der Waals surface area contributed by atoms with E-state index in [1.165, 1.54) is 106 Å². The van der Waals surface area contributed by atoms with Crippen LogP contribution in [-0.2, 0) is 16.2 Å². The van der Waals surface area contributed by atoms with Gasteiger partial charge in [0.05, 0.1) is 5.69 Å². The molecule has 0 saturated heterocycles. The highest BCUT2D eigenvalue weighted by Crippen LogP contribution is 2.58. The summed E-state index contributed by atoms with van der Waals surface area (Å²) < 4.78 is 0. The largest absolute Gasteiger partial charge is 0.376 e.